The van der Waals surface area contributed by atoms with Crippen LogP contribution in [-0.4, -0.2) is 5.84 Å². The molecule has 0 radical (unpaired) electrons. The van der Waals surface area contributed by atoms with Gasteiger partial charge in [0, 0.05) is 5.02 Å². The smallest absolute Gasteiger partial charge is 0.182 e. The Morgan fingerprint density at radius 3 is 2.60 bits per heavy atom. The number of rotatable bonds is 2. The molecule has 0 aliphatic carbocycles. The molecular formula is C11H12ClN3. The average Bonchev–Trinajstić information content (AvgIpc) is 2.18. The van der Waals surface area contributed by atoms with Crippen LogP contribution in [0.15, 0.2) is 29.3 Å². The van der Waals surface area contributed by atoms with Crippen molar-refractivity contribution in [1.82, 2.24) is 5.32 Å². The summed E-state index contributed by atoms with van der Waals surface area (Å²) in [6.07, 6.45) is 1.83. The van der Waals surface area contributed by atoms with Gasteiger partial charge in [-0.25, -0.2) is 0 Å². The molecular weight excluding hydrogens is 210 g/mol. The second-order valence-electron chi connectivity index (χ2n) is 3.18. The maximum Gasteiger partial charge on any atom is 0.182 e. The van der Waals surface area contributed by atoms with Gasteiger partial charge in [0.05, 0.1) is 6.04 Å². The van der Waals surface area contributed by atoms with Crippen molar-refractivity contribution in [3.63, 3.8) is 0 Å². The monoisotopic (exact) mass is 221 g/mol. The third-order valence-electron chi connectivity index (χ3n) is 1.98. The molecule has 1 rings (SSSR count). The minimum Gasteiger partial charge on any atom is -0.281 e. The predicted octanol–water partition coefficient (Wildman–Crippen LogP) is 2.89. The van der Waals surface area contributed by atoms with E-state index in [4.69, 9.17) is 16.9 Å². The molecule has 0 saturated heterocycles. The van der Waals surface area contributed by atoms with E-state index in [0.717, 1.165) is 5.56 Å². The van der Waals surface area contributed by atoms with E-state index in [-0.39, 0.29) is 6.04 Å². The maximum absolute atomic E-state index is 8.40. The molecule has 1 N–H and O–H groups in total. The van der Waals surface area contributed by atoms with Crippen LogP contribution < -0.4 is 5.32 Å². The lowest BCUT2D eigenvalue weighted by atomic mass is 10.1. The first kappa shape index (κ1) is 11.5. The van der Waals surface area contributed by atoms with Gasteiger partial charge in [-0.05, 0) is 31.5 Å². The zero-order valence-corrected chi connectivity index (χ0v) is 9.42. The van der Waals surface area contributed by atoms with Gasteiger partial charge in [0.25, 0.3) is 0 Å². The molecule has 0 saturated carbocycles. The normalized spacial score (nSPS) is 13.1. The van der Waals surface area contributed by atoms with Crippen LogP contribution >= 0.6 is 11.6 Å². The molecule has 0 aliphatic heterocycles. The van der Waals surface area contributed by atoms with Crippen molar-refractivity contribution >= 4 is 17.4 Å². The topological polar surface area (TPSA) is 48.2 Å². The molecule has 0 fully saturated rings. The summed E-state index contributed by atoms with van der Waals surface area (Å²) in [4.78, 5) is 4.31. The van der Waals surface area contributed by atoms with E-state index in [1.54, 1.807) is 6.92 Å². The van der Waals surface area contributed by atoms with Gasteiger partial charge in [-0.15, -0.1) is 0 Å². The zero-order chi connectivity index (χ0) is 11.3. The van der Waals surface area contributed by atoms with Crippen LogP contribution in [0.1, 0.15) is 25.5 Å². The molecule has 15 heavy (non-hydrogen) atoms. The van der Waals surface area contributed by atoms with Crippen molar-refractivity contribution in [2.75, 3.05) is 0 Å². The highest BCUT2D eigenvalue weighted by molar-refractivity contribution is 6.30. The van der Waals surface area contributed by atoms with Crippen LogP contribution in [-0.2, 0) is 0 Å². The number of hydrogen-bond acceptors (Lipinski definition) is 2. The van der Waals surface area contributed by atoms with Gasteiger partial charge in [0.15, 0.2) is 6.19 Å². The molecule has 78 valence electrons. The van der Waals surface area contributed by atoms with E-state index < -0.39 is 0 Å². The molecule has 0 bridgehead atoms. The third kappa shape index (κ3) is 3.61. The highest BCUT2D eigenvalue weighted by atomic mass is 35.5. The Balaban J connectivity index is 2.77. The van der Waals surface area contributed by atoms with Gasteiger partial charge in [-0.2, -0.15) is 5.26 Å². The molecule has 4 heteroatoms. The fraction of sp³-hybridized carbons (Fsp3) is 0.273. The van der Waals surface area contributed by atoms with E-state index in [0.29, 0.717) is 10.9 Å². The molecule has 1 aromatic rings. The fourth-order valence-electron chi connectivity index (χ4n) is 1.22. The number of hydrogen-bond donors (Lipinski definition) is 1. The third-order valence-corrected chi connectivity index (χ3v) is 2.23. The van der Waals surface area contributed by atoms with Gasteiger partial charge in [0.2, 0.25) is 0 Å². The average molecular weight is 222 g/mol. The van der Waals surface area contributed by atoms with Crippen molar-refractivity contribution in [3.05, 3.63) is 34.9 Å². The Hall–Kier alpha value is -1.53. The van der Waals surface area contributed by atoms with Gasteiger partial charge in [0.1, 0.15) is 5.84 Å². The van der Waals surface area contributed by atoms with Crippen molar-refractivity contribution in [2.45, 2.75) is 19.9 Å². The maximum atomic E-state index is 8.40. The van der Waals surface area contributed by atoms with Crippen LogP contribution in [0.2, 0.25) is 5.02 Å². The summed E-state index contributed by atoms with van der Waals surface area (Å²) in [6, 6.07) is 7.53. The number of halogens is 1. The molecule has 0 aliphatic rings. The summed E-state index contributed by atoms with van der Waals surface area (Å²) >= 11 is 5.78. The number of aliphatic imine (C=N–C) groups is 1. The number of nitrogens with zero attached hydrogens (tertiary/aromatic N) is 2. The largest absolute Gasteiger partial charge is 0.281 e. The summed E-state index contributed by atoms with van der Waals surface area (Å²) in [5, 5.41) is 11.6. The minimum atomic E-state index is 0.0168. The summed E-state index contributed by atoms with van der Waals surface area (Å²) in [5.41, 5.74) is 1.07. The highest BCUT2D eigenvalue weighted by Gasteiger charge is 2.03. The van der Waals surface area contributed by atoms with E-state index >= 15 is 0 Å². The zero-order valence-electron chi connectivity index (χ0n) is 8.66. The van der Waals surface area contributed by atoms with Crippen molar-refractivity contribution < 1.29 is 0 Å². The summed E-state index contributed by atoms with van der Waals surface area (Å²) in [6.45, 7) is 3.72. The summed E-state index contributed by atoms with van der Waals surface area (Å²) in [7, 11) is 0. The fourth-order valence-corrected chi connectivity index (χ4v) is 1.35. The lowest BCUT2D eigenvalue weighted by Gasteiger charge is -2.07. The molecule has 1 aromatic carbocycles. The SMILES string of the molecule is C/C(=N\[C@H](C)c1ccc(Cl)cc1)NC#N. The first-order valence-corrected chi connectivity index (χ1v) is 4.96. The first-order chi connectivity index (χ1) is 7.13. The van der Waals surface area contributed by atoms with Crippen molar-refractivity contribution in [3.8, 4) is 6.19 Å². The van der Waals surface area contributed by atoms with Gasteiger partial charge < -0.3 is 0 Å². The van der Waals surface area contributed by atoms with Crippen molar-refractivity contribution in [2.24, 2.45) is 4.99 Å². The summed E-state index contributed by atoms with van der Waals surface area (Å²) in [5.74, 6) is 0.611. The standard InChI is InChI=1S/C11H12ClN3/c1-8(15-9(2)14-7-13)10-3-5-11(12)6-4-10/h3-6,8H,1-2H3,(H,14,15)/t8-/m1/s1. The highest BCUT2D eigenvalue weighted by Crippen LogP contribution is 2.18. The van der Waals surface area contributed by atoms with Gasteiger partial charge >= 0.3 is 0 Å². The van der Waals surface area contributed by atoms with E-state index in [1.165, 1.54) is 0 Å². The second-order valence-corrected chi connectivity index (χ2v) is 3.62. The lowest BCUT2D eigenvalue weighted by molar-refractivity contribution is 0.812. The van der Waals surface area contributed by atoms with Crippen LogP contribution in [0.3, 0.4) is 0 Å². The Kier molecular flexibility index (Phi) is 4.14. The summed E-state index contributed by atoms with van der Waals surface area (Å²) < 4.78 is 0. The Labute approximate surface area is 94.4 Å². The molecule has 3 nitrogen and oxygen atoms in total. The van der Waals surface area contributed by atoms with Gasteiger partial charge in [-0.1, -0.05) is 23.7 Å². The first-order valence-electron chi connectivity index (χ1n) is 4.58. The van der Waals surface area contributed by atoms with Crippen LogP contribution in [0.5, 0.6) is 0 Å². The molecule has 0 unspecified atom stereocenters. The molecule has 1 atom stereocenters. The van der Waals surface area contributed by atoms with E-state index in [1.807, 2.05) is 37.4 Å². The van der Waals surface area contributed by atoms with Crippen LogP contribution in [0.4, 0.5) is 0 Å². The van der Waals surface area contributed by atoms with Crippen molar-refractivity contribution in [1.29, 1.82) is 5.26 Å². The number of benzene rings is 1. The second kappa shape index (κ2) is 5.38. The number of nitrogens with one attached hydrogen (secondary N) is 1. The predicted molar refractivity (Wildman–Crippen MR) is 61.7 cm³/mol. The Morgan fingerprint density at radius 2 is 2.07 bits per heavy atom. The number of amidine groups is 1. The lowest BCUT2D eigenvalue weighted by Crippen LogP contribution is -2.14. The minimum absolute atomic E-state index is 0.0168. The Bertz CT molecular complexity index is 389. The molecule has 0 spiro atoms. The van der Waals surface area contributed by atoms with E-state index in [9.17, 15) is 0 Å². The Morgan fingerprint density at radius 1 is 1.47 bits per heavy atom. The van der Waals surface area contributed by atoms with E-state index in [2.05, 4.69) is 10.3 Å². The molecule has 0 aromatic heterocycles. The van der Waals surface area contributed by atoms with Crippen LogP contribution in [0.25, 0.3) is 0 Å². The quantitative estimate of drug-likeness (QED) is 0.361. The van der Waals surface area contributed by atoms with Crippen LogP contribution in [0, 0.1) is 11.5 Å². The molecule has 0 amide bonds. The van der Waals surface area contributed by atoms with Gasteiger partial charge in [-0.3, -0.25) is 10.3 Å². The number of nitriles is 1. The molecule has 0 heterocycles.